The lowest BCUT2D eigenvalue weighted by Gasteiger charge is -2.10. The molecule has 2 rings (SSSR count). The van der Waals surface area contributed by atoms with E-state index in [-0.39, 0.29) is 11.9 Å². The van der Waals surface area contributed by atoms with Crippen LogP contribution in [0.3, 0.4) is 0 Å². The zero-order valence-corrected chi connectivity index (χ0v) is 7.97. The Labute approximate surface area is 84.6 Å². The lowest BCUT2D eigenvalue weighted by Crippen LogP contribution is -2.17. The summed E-state index contributed by atoms with van der Waals surface area (Å²) in [5.74, 6) is -0.196. The van der Waals surface area contributed by atoms with E-state index in [9.17, 15) is 13.2 Å². The second-order valence-electron chi connectivity index (χ2n) is 3.36. The second-order valence-corrected chi connectivity index (χ2v) is 3.36. The summed E-state index contributed by atoms with van der Waals surface area (Å²) in [4.78, 5) is 0. The molecule has 1 aliphatic heterocycles. The predicted octanol–water partition coefficient (Wildman–Crippen LogP) is 3.18. The smallest absolute Gasteiger partial charge is 0.406 e. The van der Waals surface area contributed by atoms with Crippen LogP contribution in [0.1, 0.15) is 24.2 Å². The molecule has 82 valence electrons. The van der Waals surface area contributed by atoms with Gasteiger partial charge in [-0.05, 0) is 30.2 Å². The van der Waals surface area contributed by atoms with Gasteiger partial charge in [-0.1, -0.05) is 6.07 Å². The third kappa shape index (κ3) is 2.23. The van der Waals surface area contributed by atoms with Crippen molar-refractivity contribution in [2.24, 2.45) is 0 Å². The van der Waals surface area contributed by atoms with Crippen LogP contribution >= 0.6 is 0 Å². The van der Waals surface area contributed by atoms with Crippen LogP contribution < -0.4 is 4.74 Å². The first kappa shape index (κ1) is 10.3. The Morgan fingerprint density at radius 2 is 2.13 bits per heavy atom. The largest absolute Gasteiger partial charge is 0.573 e. The third-order valence-electron chi connectivity index (χ3n) is 2.28. The Kier molecular flexibility index (Phi) is 2.34. The van der Waals surface area contributed by atoms with Crippen molar-refractivity contribution in [1.29, 1.82) is 0 Å². The Hall–Kier alpha value is -1.23. The van der Waals surface area contributed by atoms with Crippen LogP contribution in [0.15, 0.2) is 18.2 Å². The Morgan fingerprint density at radius 3 is 2.80 bits per heavy atom. The van der Waals surface area contributed by atoms with Crippen LogP contribution in [0.25, 0.3) is 0 Å². The van der Waals surface area contributed by atoms with Gasteiger partial charge >= 0.3 is 6.36 Å². The van der Waals surface area contributed by atoms with E-state index in [1.54, 1.807) is 13.0 Å². The van der Waals surface area contributed by atoms with Crippen LogP contribution in [-0.2, 0) is 11.3 Å². The van der Waals surface area contributed by atoms with Crippen LogP contribution in [0, 0.1) is 0 Å². The van der Waals surface area contributed by atoms with Crippen molar-refractivity contribution in [1.82, 2.24) is 0 Å². The van der Waals surface area contributed by atoms with Crippen molar-refractivity contribution >= 4 is 0 Å². The maximum Gasteiger partial charge on any atom is 0.573 e. The summed E-state index contributed by atoms with van der Waals surface area (Å²) in [6.45, 7) is 2.24. The number of benzene rings is 1. The molecule has 0 amide bonds. The van der Waals surface area contributed by atoms with E-state index < -0.39 is 6.36 Å². The summed E-state index contributed by atoms with van der Waals surface area (Å²) >= 11 is 0. The quantitative estimate of drug-likeness (QED) is 0.720. The van der Waals surface area contributed by atoms with E-state index in [4.69, 9.17) is 4.74 Å². The molecule has 0 fully saturated rings. The van der Waals surface area contributed by atoms with E-state index in [1.807, 2.05) is 0 Å². The summed E-state index contributed by atoms with van der Waals surface area (Å²) < 4.78 is 44.9. The fraction of sp³-hybridized carbons (Fsp3) is 0.400. The number of rotatable bonds is 1. The van der Waals surface area contributed by atoms with Gasteiger partial charge in [-0.2, -0.15) is 0 Å². The lowest BCUT2D eigenvalue weighted by atomic mass is 10.1. The Morgan fingerprint density at radius 1 is 1.40 bits per heavy atom. The van der Waals surface area contributed by atoms with Crippen LogP contribution in [0.5, 0.6) is 5.75 Å². The molecule has 1 atom stereocenters. The minimum absolute atomic E-state index is 0.170. The molecule has 2 nitrogen and oxygen atoms in total. The topological polar surface area (TPSA) is 18.5 Å². The summed E-state index contributed by atoms with van der Waals surface area (Å²) in [7, 11) is 0. The average molecular weight is 218 g/mol. The third-order valence-corrected chi connectivity index (χ3v) is 2.28. The van der Waals surface area contributed by atoms with Crippen molar-refractivity contribution in [3.8, 4) is 5.75 Å². The number of fused-ring (bicyclic) bond motifs is 1. The molecule has 0 saturated heterocycles. The highest BCUT2D eigenvalue weighted by Gasteiger charge is 2.31. The normalized spacial score (nSPS) is 20.1. The highest BCUT2D eigenvalue weighted by molar-refractivity contribution is 5.38. The second kappa shape index (κ2) is 3.41. The average Bonchev–Trinajstić information content (AvgIpc) is 2.45. The Bertz CT molecular complexity index is 373. The number of hydrogen-bond donors (Lipinski definition) is 0. The predicted molar refractivity (Wildman–Crippen MR) is 46.3 cm³/mol. The number of alkyl halides is 3. The highest BCUT2D eigenvalue weighted by atomic mass is 19.4. The van der Waals surface area contributed by atoms with E-state index in [0.29, 0.717) is 6.61 Å². The molecular weight excluding hydrogens is 209 g/mol. The first-order valence-electron chi connectivity index (χ1n) is 4.46. The molecule has 1 aliphatic rings. The number of ether oxygens (including phenoxy) is 2. The van der Waals surface area contributed by atoms with Crippen LogP contribution in [0.2, 0.25) is 0 Å². The van der Waals surface area contributed by atoms with Gasteiger partial charge in [0, 0.05) is 0 Å². The summed E-state index contributed by atoms with van der Waals surface area (Å²) in [6, 6.07) is 4.27. The molecule has 0 aliphatic carbocycles. The SMILES string of the molecule is CC1OCc2ccc(OC(F)(F)F)cc21. The first-order chi connectivity index (χ1) is 6.96. The first-order valence-corrected chi connectivity index (χ1v) is 4.46. The molecule has 1 aromatic rings. The summed E-state index contributed by atoms with van der Waals surface area (Å²) in [6.07, 6.45) is -4.81. The fourth-order valence-electron chi connectivity index (χ4n) is 1.58. The van der Waals surface area contributed by atoms with Gasteiger partial charge in [0.25, 0.3) is 0 Å². The van der Waals surface area contributed by atoms with Crippen molar-refractivity contribution < 1.29 is 22.6 Å². The number of halogens is 3. The molecule has 0 spiro atoms. The molecule has 0 bridgehead atoms. The van der Waals surface area contributed by atoms with Gasteiger partial charge in [-0.15, -0.1) is 13.2 Å². The van der Waals surface area contributed by atoms with E-state index in [2.05, 4.69) is 4.74 Å². The summed E-state index contributed by atoms with van der Waals surface area (Å²) in [5, 5.41) is 0. The molecule has 0 saturated carbocycles. The van der Waals surface area contributed by atoms with Crippen LogP contribution in [0.4, 0.5) is 13.2 Å². The van der Waals surface area contributed by atoms with Gasteiger partial charge in [0.1, 0.15) is 5.75 Å². The number of hydrogen-bond acceptors (Lipinski definition) is 2. The Balaban J connectivity index is 2.26. The highest BCUT2D eigenvalue weighted by Crippen LogP contribution is 2.34. The maximum atomic E-state index is 11.9. The molecule has 1 unspecified atom stereocenters. The van der Waals surface area contributed by atoms with E-state index >= 15 is 0 Å². The molecule has 0 aromatic heterocycles. The molecule has 0 N–H and O–H groups in total. The molecule has 0 radical (unpaired) electrons. The van der Waals surface area contributed by atoms with Gasteiger partial charge in [0.05, 0.1) is 12.7 Å². The molecule has 5 heteroatoms. The molecule has 1 aromatic carbocycles. The fourth-order valence-corrected chi connectivity index (χ4v) is 1.58. The monoisotopic (exact) mass is 218 g/mol. The van der Waals surface area contributed by atoms with Crippen molar-refractivity contribution in [3.63, 3.8) is 0 Å². The van der Waals surface area contributed by atoms with Gasteiger partial charge in [-0.25, -0.2) is 0 Å². The lowest BCUT2D eigenvalue weighted by molar-refractivity contribution is -0.274. The maximum absolute atomic E-state index is 11.9. The summed E-state index contributed by atoms with van der Waals surface area (Å²) in [5.41, 5.74) is 1.67. The van der Waals surface area contributed by atoms with E-state index in [1.165, 1.54) is 12.1 Å². The minimum atomic E-state index is -4.64. The zero-order valence-electron chi connectivity index (χ0n) is 7.97. The molecular formula is C10H9F3O2. The molecule has 1 heterocycles. The zero-order chi connectivity index (χ0) is 11.1. The van der Waals surface area contributed by atoms with Gasteiger partial charge in [0.2, 0.25) is 0 Å². The molecule has 15 heavy (non-hydrogen) atoms. The standard InChI is InChI=1S/C10H9F3O2/c1-6-9-4-8(15-10(11,12)13)3-2-7(9)5-14-6/h2-4,6H,5H2,1H3. The van der Waals surface area contributed by atoms with Gasteiger partial charge in [0.15, 0.2) is 0 Å². The van der Waals surface area contributed by atoms with E-state index in [0.717, 1.165) is 11.1 Å². The van der Waals surface area contributed by atoms with Crippen molar-refractivity contribution in [2.75, 3.05) is 0 Å². The van der Waals surface area contributed by atoms with Gasteiger partial charge < -0.3 is 9.47 Å². The van der Waals surface area contributed by atoms with Crippen molar-refractivity contribution in [3.05, 3.63) is 29.3 Å². The minimum Gasteiger partial charge on any atom is -0.406 e. The van der Waals surface area contributed by atoms with Crippen LogP contribution in [-0.4, -0.2) is 6.36 Å². The van der Waals surface area contributed by atoms with Crippen molar-refractivity contribution in [2.45, 2.75) is 26.0 Å². The van der Waals surface area contributed by atoms with Gasteiger partial charge in [-0.3, -0.25) is 0 Å².